The zero-order valence-electron chi connectivity index (χ0n) is 13.7. The van der Waals surface area contributed by atoms with Gasteiger partial charge < -0.3 is 20.5 Å². The lowest BCUT2D eigenvalue weighted by Gasteiger charge is -2.35. The molecule has 1 unspecified atom stereocenters. The fourth-order valence-corrected chi connectivity index (χ4v) is 3.03. The Kier molecular flexibility index (Phi) is 6.62. The molecule has 0 aromatic carbocycles. The van der Waals surface area contributed by atoms with Gasteiger partial charge in [-0.2, -0.15) is 0 Å². The van der Waals surface area contributed by atoms with Gasteiger partial charge in [0.15, 0.2) is 5.69 Å². The molecular weight excluding hydrogens is 332 g/mol. The summed E-state index contributed by atoms with van der Waals surface area (Å²) in [4.78, 5) is 26.1. The van der Waals surface area contributed by atoms with Crippen LogP contribution in [0.1, 0.15) is 60.7 Å². The normalized spacial score (nSPS) is 20.4. The van der Waals surface area contributed by atoms with E-state index in [1.54, 1.807) is 6.07 Å². The average Bonchev–Trinajstić information content (AvgIpc) is 3.30. The van der Waals surface area contributed by atoms with Crippen LogP contribution in [0.2, 0.25) is 0 Å². The third-order valence-electron chi connectivity index (χ3n) is 4.52. The van der Waals surface area contributed by atoms with Gasteiger partial charge in [0, 0.05) is 44.1 Å². The molecule has 2 fully saturated rings. The Labute approximate surface area is 147 Å². The molecule has 2 amide bonds. The Morgan fingerprint density at radius 1 is 1.33 bits per heavy atom. The molecule has 1 atom stereocenters. The van der Waals surface area contributed by atoms with E-state index in [9.17, 15) is 9.59 Å². The first-order valence-electron chi connectivity index (χ1n) is 8.43. The van der Waals surface area contributed by atoms with E-state index in [2.05, 4.69) is 10.5 Å². The van der Waals surface area contributed by atoms with Crippen molar-refractivity contribution in [2.45, 2.75) is 50.5 Å². The minimum Gasteiger partial charge on any atom is -0.360 e. The van der Waals surface area contributed by atoms with Crippen LogP contribution in [0.15, 0.2) is 10.6 Å². The van der Waals surface area contributed by atoms with Crippen molar-refractivity contribution in [3.8, 4) is 0 Å². The summed E-state index contributed by atoms with van der Waals surface area (Å²) in [6.07, 6.45) is 5.47. The van der Waals surface area contributed by atoms with Crippen LogP contribution < -0.4 is 11.1 Å². The van der Waals surface area contributed by atoms with Crippen molar-refractivity contribution in [3.05, 3.63) is 17.5 Å². The number of rotatable bonds is 6. The van der Waals surface area contributed by atoms with E-state index in [-0.39, 0.29) is 30.3 Å². The monoisotopic (exact) mass is 356 g/mol. The van der Waals surface area contributed by atoms with Gasteiger partial charge in [-0.1, -0.05) is 5.16 Å². The molecule has 1 aliphatic heterocycles. The SMILES string of the molecule is Cl.NCCC(=O)NCC1CCCCN1C(=O)c1cc(C2CC2)on1. The average molecular weight is 357 g/mol. The lowest BCUT2D eigenvalue weighted by atomic mass is 10.0. The van der Waals surface area contributed by atoms with Crippen molar-refractivity contribution in [2.24, 2.45) is 5.73 Å². The highest BCUT2D eigenvalue weighted by Gasteiger charge is 2.32. The molecule has 1 aromatic rings. The van der Waals surface area contributed by atoms with Crippen molar-refractivity contribution in [2.75, 3.05) is 19.6 Å². The lowest BCUT2D eigenvalue weighted by Crippen LogP contribution is -2.49. The highest BCUT2D eigenvalue weighted by molar-refractivity contribution is 5.92. The number of nitrogens with one attached hydrogen (secondary N) is 1. The topological polar surface area (TPSA) is 101 Å². The summed E-state index contributed by atoms with van der Waals surface area (Å²) >= 11 is 0. The molecule has 1 aliphatic carbocycles. The van der Waals surface area contributed by atoms with Crippen LogP contribution in [0, 0.1) is 0 Å². The maximum atomic E-state index is 12.7. The molecule has 7 nitrogen and oxygen atoms in total. The van der Waals surface area contributed by atoms with E-state index < -0.39 is 0 Å². The van der Waals surface area contributed by atoms with E-state index in [4.69, 9.17) is 10.3 Å². The highest BCUT2D eigenvalue weighted by Crippen LogP contribution is 2.40. The van der Waals surface area contributed by atoms with Crippen LogP contribution in [0.3, 0.4) is 0 Å². The van der Waals surface area contributed by atoms with Gasteiger partial charge >= 0.3 is 0 Å². The molecule has 2 heterocycles. The minimum absolute atomic E-state index is 0. The summed E-state index contributed by atoms with van der Waals surface area (Å²) in [7, 11) is 0. The second-order valence-electron chi connectivity index (χ2n) is 6.38. The Hall–Kier alpha value is -1.60. The molecule has 1 aromatic heterocycles. The minimum atomic E-state index is -0.0987. The molecule has 3 rings (SSSR count). The van der Waals surface area contributed by atoms with E-state index in [0.29, 0.717) is 37.7 Å². The molecule has 2 aliphatic rings. The maximum absolute atomic E-state index is 12.7. The highest BCUT2D eigenvalue weighted by atomic mass is 35.5. The summed E-state index contributed by atoms with van der Waals surface area (Å²) in [5.41, 5.74) is 5.76. The smallest absolute Gasteiger partial charge is 0.276 e. The number of hydrogen-bond acceptors (Lipinski definition) is 5. The van der Waals surface area contributed by atoms with Crippen LogP contribution >= 0.6 is 12.4 Å². The van der Waals surface area contributed by atoms with Gasteiger partial charge in [-0.25, -0.2) is 0 Å². The number of likely N-dealkylation sites (tertiary alicyclic amines) is 1. The molecule has 0 spiro atoms. The molecular formula is C16H25ClN4O3. The van der Waals surface area contributed by atoms with Crippen molar-refractivity contribution in [1.29, 1.82) is 0 Å². The number of aromatic nitrogens is 1. The van der Waals surface area contributed by atoms with Crippen molar-refractivity contribution >= 4 is 24.2 Å². The molecule has 1 saturated carbocycles. The van der Waals surface area contributed by atoms with Crippen LogP contribution in [-0.2, 0) is 4.79 Å². The van der Waals surface area contributed by atoms with Crippen molar-refractivity contribution in [1.82, 2.24) is 15.4 Å². The number of halogens is 1. The van der Waals surface area contributed by atoms with Gasteiger partial charge in [0.1, 0.15) is 5.76 Å². The summed E-state index contributed by atoms with van der Waals surface area (Å²) in [5.74, 6) is 1.09. The van der Waals surface area contributed by atoms with Crippen molar-refractivity contribution < 1.29 is 14.1 Å². The second kappa shape index (κ2) is 8.48. The fraction of sp³-hybridized carbons (Fsp3) is 0.688. The van der Waals surface area contributed by atoms with Crippen LogP contribution in [0.5, 0.6) is 0 Å². The Morgan fingerprint density at radius 2 is 2.12 bits per heavy atom. The molecule has 1 saturated heterocycles. The molecule has 0 radical (unpaired) electrons. The van der Waals surface area contributed by atoms with Crippen molar-refractivity contribution in [3.63, 3.8) is 0 Å². The number of nitrogens with zero attached hydrogens (tertiary/aromatic N) is 2. The van der Waals surface area contributed by atoms with Gasteiger partial charge in [-0.3, -0.25) is 9.59 Å². The molecule has 24 heavy (non-hydrogen) atoms. The Balaban J connectivity index is 0.00000208. The van der Waals surface area contributed by atoms with Gasteiger partial charge in [0.05, 0.1) is 0 Å². The predicted molar refractivity (Wildman–Crippen MR) is 91.1 cm³/mol. The van der Waals surface area contributed by atoms with E-state index >= 15 is 0 Å². The predicted octanol–water partition coefficient (Wildman–Crippen LogP) is 1.43. The van der Waals surface area contributed by atoms with Gasteiger partial charge in [-0.05, 0) is 32.1 Å². The zero-order chi connectivity index (χ0) is 16.2. The summed E-state index contributed by atoms with van der Waals surface area (Å²) in [6, 6.07) is 1.79. The van der Waals surface area contributed by atoms with Crippen LogP contribution in [0.4, 0.5) is 0 Å². The zero-order valence-corrected chi connectivity index (χ0v) is 14.5. The lowest BCUT2D eigenvalue weighted by molar-refractivity contribution is -0.121. The standard InChI is InChI=1S/C16H24N4O3.ClH/c17-7-6-15(21)18-10-12-3-1-2-8-20(12)16(22)13-9-14(23-19-13)11-4-5-11;/h9,11-12H,1-8,10,17H2,(H,18,21);1H. The quantitative estimate of drug-likeness (QED) is 0.802. The number of amides is 2. The third-order valence-corrected chi connectivity index (χ3v) is 4.52. The van der Waals surface area contributed by atoms with Crippen LogP contribution in [-0.4, -0.2) is 47.5 Å². The van der Waals surface area contributed by atoms with E-state index in [1.807, 2.05) is 4.90 Å². The molecule has 0 bridgehead atoms. The van der Waals surface area contributed by atoms with E-state index in [1.165, 1.54) is 0 Å². The number of carbonyl (C=O) groups is 2. The number of carbonyl (C=O) groups excluding carboxylic acids is 2. The number of hydrogen-bond donors (Lipinski definition) is 2. The summed E-state index contributed by atoms with van der Waals surface area (Å²) < 4.78 is 5.28. The molecule has 8 heteroatoms. The largest absolute Gasteiger partial charge is 0.360 e. The van der Waals surface area contributed by atoms with Gasteiger partial charge in [0.25, 0.3) is 5.91 Å². The Bertz CT molecular complexity index is 573. The maximum Gasteiger partial charge on any atom is 0.276 e. The van der Waals surface area contributed by atoms with E-state index in [0.717, 1.165) is 37.9 Å². The van der Waals surface area contributed by atoms with Gasteiger partial charge in [-0.15, -0.1) is 12.4 Å². The Morgan fingerprint density at radius 3 is 2.83 bits per heavy atom. The molecule has 134 valence electrons. The first kappa shape index (κ1) is 18.7. The number of nitrogens with two attached hydrogens (primary N) is 1. The van der Waals surface area contributed by atoms with Crippen LogP contribution in [0.25, 0.3) is 0 Å². The summed E-state index contributed by atoms with van der Waals surface area (Å²) in [5, 5.41) is 6.81. The first-order chi connectivity index (χ1) is 11.2. The summed E-state index contributed by atoms with van der Waals surface area (Å²) in [6.45, 7) is 1.50. The second-order valence-corrected chi connectivity index (χ2v) is 6.38. The fourth-order valence-electron chi connectivity index (χ4n) is 3.03. The number of piperidine rings is 1. The molecule has 3 N–H and O–H groups in total. The first-order valence-corrected chi connectivity index (χ1v) is 8.43. The van der Waals surface area contributed by atoms with Gasteiger partial charge in [0.2, 0.25) is 5.91 Å². The third kappa shape index (κ3) is 4.48.